The highest BCUT2D eigenvalue weighted by atomic mass is 16.5. The number of hydrogen-bond acceptors (Lipinski definition) is 2. The van der Waals surface area contributed by atoms with Gasteiger partial charge in [-0.2, -0.15) is 0 Å². The summed E-state index contributed by atoms with van der Waals surface area (Å²) < 4.78 is 4.60. The van der Waals surface area contributed by atoms with Crippen LogP contribution in [0.4, 0.5) is 0 Å². The SMILES string of the molecule is COC(=O)CCC1CCC(C)C1. The van der Waals surface area contributed by atoms with Crippen LogP contribution in [-0.4, -0.2) is 13.1 Å². The first-order valence-electron chi connectivity index (χ1n) is 4.79. The zero-order valence-electron chi connectivity index (χ0n) is 8.01. The molecule has 0 heterocycles. The molecule has 1 aliphatic carbocycles. The molecule has 0 aliphatic heterocycles. The predicted molar refractivity (Wildman–Crippen MR) is 47.8 cm³/mol. The highest BCUT2D eigenvalue weighted by Crippen LogP contribution is 2.33. The fourth-order valence-electron chi connectivity index (χ4n) is 2.01. The molecule has 0 N–H and O–H groups in total. The maximum atomic E-state index is 10.8. The van der Waals surface area contributed by atoms with Crippen LogP contribution in [0, 0.1) is 11.8 Å². The van der Waals surface area contributed by atoms with Gasteiger partial charge in [0.15, 0.2) is 0 Å². The van der Waals surface area contributed by atoms with Crippen LogP contribution in [0.5, 0.6) is 0 Å². The molecule has 0 spiro atoms. The van der Waals surface area contributed by atoms with Gasteiger partial charge in [0, 0.05) is 6.42 Å². The van der Waals surface area contributed by atoms with E-state index < -0.39 is 0 Å². The lowest BCUT2D eigenvalue weighted by molar-refractivity contribution is -0.140. The van der Waals surface area contributed by atoms with Crippen LogP contribution in [-0.2, 0) is 9.53 Å². The van der Waals surface area contributed by atoms with Crippen molar-refractivity contribution in [3.63, 3.8) is 0 Å². The Bertz CT molecular complexity index is 154. The van der Waals surface area contributed by atoms with E-state index in [-0.39, 0.29) is 5.97 Å². The molecule has 0 amide bonds. The average Bonchev–Trinajstić information content (AvgIpc) is 2.47. The van der Waals surface area contributed by atoms with Crippen molar-refractivity contribution in [1.29, 1.82) is 0 Å². The number of carbonyl (C=O) groups excluding carboxylic acids is 1. The molecule has 70 valence electrons. The Morgan fingerprint density at radius 2 is 2.25 bits per heavy atom. The van der Waals surface area contributed by atoms with Crippen LogP contribution in [0.2, 0.25) is 0 Å². The zero-order chi connectivity index (χ0) is 8.97. The Labute approximate surface area is 74.3 Å². The molecule has 2 atom stereocenters. The van der Waals surface area contributed by atoms with Gasteiger partial charge in [0.1, 0.15) is 0 Å². The number of ether oxygens (including phenoxy) is 1. The smallest absolute Gasteiger partial charge is 0.305 e. The Kier molecular flexibility index (Phi) is 3.57. The van der Waals surface area contributed by atoms with E-state index in [4.69, 9.17) is 0 Å². The molecule has 0 saturated heterocycles. The fourth-order valence-corrected chi connectivity index (χ4v) is 2.01. The molecule has 0 aromatic carbocycles. The molecule has 1 fully saturated rings. The summed E-state index contributed by atoms with van der Waals surface area (Å²) in [7, 11) is 1.46. The molecule has 1 saturated carbocycles. The van der Waals surface area contributed by atoms with Crippen LogP contribution in [0.25, 0.3) is 0 Å². The summed E-state index contributed by atoms with van der Waals surface area (Å²) in [5.41, 5.74) is 0. The summed E-state index contributed by atoms with van der Waals surface area (Å²) in [6.07, 6.45) is 5.58. The fraction of sp³-hybridized carbons (Fsp3) is 0.900. The Balaban J connectivity index is 2.11. The summed E-state index contributed by atoms with van der Waals surface area (Å²) in [6, 6.07) is 0. The lowest BCUT2D eigenvalue weighted by Crippen LogP contribution is -2.03. The maximum Gasteiger partial charge on any atom is 0.305 e. The van der Waals surface area contributed by atoms with Gasteiger partial charge < -0.3 is 4.74 Å². The highest BCUT2D eigenvalue weighted by Gasteiger charge is 2.21. The van der Waals surface area contributed by atoms with Gasteiger partial charge in [0.05, 0.1) is 7.11 Å². The number of hydrogen-bond donors (Lipinski definition) is 0. The van der Waals surface area contributed by atoms with Crippen molar-refractivity contribution in [3.8, 4) is 0 Å². The number of carbonyl (C=O) groups is 1. The summed E-state index contributed by atoms with van der Waals surface area (Å²) in [6.45, 7) is 2.29. The molecule has 1 rings (SSSR count). The summed E-state index contributed by atoms with van der Waals surface area (Å²) >= 11 is 0. The molecule has 2 nitrogen and oxygen atoms in total. The lowest BCUT2D eigenvalue weighted by atomic mass is 10.0. The van der Waals surface area contributed by atoms with Gasteiger partial charge in [-0.3, -0.25) is 4.79 Å². The molecule has 0 aromatic rings. The third-order valence-electron chi connectivity index (χ3n) is 2.79. The minimum Gasteiger partial charge on any atom is -0.469 e. The number of esters is 1. The van der Waals surface area contributed by atoms with Crippen molar-refractivity contribution < 1.29 is 9.53 Å². The van der Waals surface area contributed by atoms with Gasteiger partial charge >= 0.3 is 5.97 Å². The first-order valence-corrected chi connectivity index (χ1v) is 4.79. The number of methoxy groups -OCH3 is 1. The van der Waals surface area contributed by atoms with E-state index in [0.29, 0.717) is 6.42 Å². The Morgan fingerprint density at radius 1 is 1.50 bits per heavy atom. The quantitative estimate of drug-likeness (QED) is 0.608. The van der Waals surface area contributed by atoms with Crippen molar-refractivity contribution in [2.75, 3.05) is 7.11 Å². The van der Waals surface area contributed by atoms with Crippen LogP contribution >= 0.6 is 0 Å². The van der Waals surface area contributed by atoms with E-state index in [1.165, 1.54) is 26.4 Å². The van der Waals surface area contributed by atoms with Crippen LogP contribution in [0.3, 0.4) is 0 Å². The van der Waals surface area contributed by atoms with Gasteiger partial charge in [-0.15, -0.1) is 0 Å². The van der Waals surface area contributed by atoms with Crippen LogP contribution < -0.4 is 0 Å². The van der Waals surface area contributed by atoms with Gasteiger partial charge in [-0.25, -0.2) is 0 Å². The standard InChI is InChI=1S/C10H18O2/c1-8-3-4-9(7-8)5-6-10(11)12-2/h8-9H,3-7H2,1-2H3. The molecule has 0 aromatic heterocycles. The van der Waals surface area contributed by atoms with E-state index in [1.54, 1.807) is 0 Å². The second-order valence-electron chi connectivity index (χ2n) is 3.90. The van der Waals surface area contributed by atoms with E-state index in [2.05, 4.69) is 11.7 Å². The van der Waals surface area contributed by atoms with E-state index >= 15 is 0 Å². The molecule has 1 aliphatic rings. The molecule has 0 radical (unpaired) electrons. The Morgan fingerprint density at radius 3 is 2.75 bits per heavy atom. The second-order valence-corrected chi connectivity index (χ2v) is 3.90. The van der Waals surface area contributed by atoms with Crippen molar-refractivity contribution >= 4 is 5.97 Å². The Hall–Kier alpha value is -0.530. The molecule has 2 heteroatoms. The van der Waals surface area contributed by atoms with E-state index in [1.807, 2.05) is 0 Å². The van der Waals surface area contributed by atoms with Gasteiger partial charge in [0.2, 0.25) is 0 Å². The van der Waals surface area contributed by atoms with E-state index in [9.17, 15) is 4.79 Å². The van der Waals surface area contributed by atoms with Gasteiger partial charge in [0.25, 0.3) is 0 Å². The minimum absolute atomic E-state index is 0.0606. The number of rotatable bonds is 3. The van der Waals surface area contributed by atoms with Crippen LogP contribution in [0.1, 0.15) is 39.0 Å². The maximum absolute atomic E-state index is 10.8. The van der Waals surface area contributed by atoms with E-state index in [0.717, 1.165) is 18.3 Å². The summed E-state index contributed by atoms with van der Waals surface area (Å²) in [5.74, 6) is 1.58. The summed E-state index contributed by atoms with van der Waals surface area (Å²) in [4.78, 5) is 10.8. The minimum atomic E-state index is -0.0606. The molecule has 12 heavy (non-hydrogen) atoms. The van der Waals surface area contributed by atoms with Crippen molar-refractivity contribution in [1.82, 2.24) is 0 Å². The third kappa shape index (κ3) is 2.84. The molecular formula is C10H18O2. The average molecular weight is 170 g/mol. The second kappa shape index (κ2) is 4.48. The first kappa shape index (κ1) is 9.56. The molecular weight excluding hydrogens is 152 g/mol. The normalized spacial score (nSPS) is 28.8. The predicted octanol–water partition coefficient (Wildman–Crippen LogP) is 2.38. The highest BCUT2D eigenvalue weighted by molar-refractivity contribution is 5.69. The zero-order valence-corrected chi connectivity index (χ0v) is 8.01. The first-order chi connectivity index (χ1) is 5.72. The van der Waals surface area contributed by atoms with Gasteiger partial charge in [-0.05, 0) is 24.7 Å². The van der Waals surface area contributed by atoms with Crippen molar-refractivity contribution in [3.05, 3.63) is 0 Å². The van der Waals surface area contributed by atoms with Crippen LogP contribution in [0.15, 0.2) is 0 Å². The monoisotopic (exact) mass is 170 g/mol. The van der Waals surface area contributed by atoms with Gasteiger partial charge in [-0.1, -0.05) is 19.8 Å². The van der Waals surface area contributed by atoms with Crippen molar-refractivity contribution in [2.45, 2.75) is 39.0 Å². The summed E-state index contributed by atoms with van der Waals surface area (Å²) in [5, 5.41) is 0. The topological polar surface area (TPSA) is 26.3 Å². The largest absolute Gasteiger partial charge is 0.469 e. The molecule has 2 unspecified atom stereocenters. The van der Waals surface area contributed by atoms with Crippen molar-refractivity contribution in [2.24, 2.45) is 11.8 Å². The lowest BCUT2D eigenvalue weighted by Gasteiger charge is -2.07. The molecule has 0 bridgehead atoms. The third-order valence-corrected chi connectivity index (χ3v) is 2.79.